The van der Waals surface area contributed by atoms with Crippen molar-refractivity contribution in [2.75, 3.05) is 16.8 Å². The van der Waals surface area contributed by atoms with Crippen LogP contribution in [-0.2, 0) is 16.0 Å². The molecule has 0 unspecified atom stereocenters. The smallest absolute Gasteiger partial charge is 0.270 e. The third kappa shape index (κ3) is 2.32. The van der Waals surface area contributed by atoms with Crippen molar-refractivity contribution < 1.29 is 14.8 Å². The van der Waals surface area contributed by atoms with Crippen LogP contribution in [0, 0.1) is 0 Å². The molecule has 1 aromatic rings. The number of amides is 2. The van der Waals surface area contributed by atoms with Crippen LogP contribution in [0.5, 0.6) is 0 Å². The van der Waals surface area contributed by atoms with Gasteiger partial charge < -0.3 is 15.4 Å². The molecule has 0 spiro atoms. The van der Waals surface area contributed by atoms with Crippen LogP contribution in [0.3, 0.4) is 0 Å². The lowest BCUT2D eigenvalue weighted by molar-refractivity contribution is -0.116. The summed E-state index contributed by atoms with van der Waals surface area (Å²) in [7, 11) is 0. The number of benzene rings is 1. The molecule has 18 heavy (non-hydrogen) atoms. The second kappa shape index (κ2) is 4.87. The van der Waals surface area contributed by atoms with Crippen molar-refractivity contribution in [3.05, 3.63) is 23.8 Å². The number of carbonyl (C=O) groups excluding carboxylic acids is 2. The Morgan fingerprint density at radius 3 is 2.94 bits per heavy atom. The molecular weight excluding hydrogens is 234 g/mol. The van der Waals surface area contributed by atoms with Crippen molar-refractivity contribution in [2.45, 2.75) is 13.3 Å². The minimum atomic E-state index is -0.501. The first kappa shape index (κ1) is 12.1. The first-order chi connectivity index (χ1) is 8.61. The Balaban J connectivity index is 2.19. The molecule has 0 radical (unpaired) electrons. The third-order valence-electron chi connectivity index (χ3n) is 2.80. The molecule has 0 saturated heterocycles. The largest absolute Gasteiger partial charge is 0.411 e. The maximum atomic E-state index is 11.4. The van der Waals surface area contributed by atoms with E-state index in [1.165, 1.54) is 6.92 Å². The van der Waals surface area contributed by atoms with Gasteiger partial charge in [0.1, 0.15) is 6.21 Å². The molecule has 1 aliphatic rings. The van der Waals surface area contributed by atoms with E-state index < -0.39 is 5.91 Å². The third-order valence-corrected chi connectivity index (χ3v) is 2.80. The van der Waals surface area contributed by atoms with Gasteiger partial charge in [-0.05, 0) is 30.2 Å². The monoisotopic (exact) mass is 247 g/mol. The minimum Gasteiger partial charge on any atom is -0.411 e. The van der Waals surface area contributed by atoms with Gasteiger partial charge in [-0.2, -0.15) is 0 Å². The summed E-state index contributed by atoms with van der Waals surface area (Å²) < 4.78 is 0. The van der Waals surface area contributed by atoms with Crippen molar-refractivity contribution in [3.8, 4) is 0 Å². The number of anilines is 2. The van der Waals surface area contributed by atoms with E-state index in [0.29, 0.717) is 12.2 Å². The average molecular weight is 247 g/mol. The zero-order valence-electron chi connectivity index (χ0n) is 9.88. The molecule has 2 rings (SSSR count). The number of carbonyl (C=O) groups is 2. The number of nitrogens with one attached hydrogen (secondary N) is 1. The fourth-order valence-corrected chi connectivity index (χ4v) is 2.03. The van der Waals surface area contributed by atoms with E-state index >= 15 is 0 Å². The molecule has 6 nitrogen and oxygen atoms in total. The molecule has 0 aromatic heterocycles. The van der Waals surface area contributed by atoms with Gasteiger partial charge in [-0.3, -0.25) is 9.59 Å². The average Bonchev–Trinajstić information content (AvgIpc) is 2.72. The van der Waals surface area contributed by atoms with Crippen LogP contribution in [-0.4, -0.2) is 29.8 Å². The van der Waals surface area contributed by atoms with Gasteiger partial charge in [-0.15, -0.1) is 0 Å². The summed E-state index contributed by atoms with van der Waals surface area (Å²) in [6, 6.07) is 5.33. The quantitative estimate of drug-likeness (QED) is 0.464. The highest BCUT2D eigenvalue weighted by Crippen LogP contribution is 2.30. The Morgan fingerprint density at radius 1 is 1.50 bits per heavy atom. The van der Waals surface area contributed by atoms with Gasteiger partial charge in [0, 0.05) is 24.8 Å². The van der Waals surface area contributed by atoms with Gasteiger partial charge >= 0.3 is 0 Å². The second-order valence-corrected chi connectivity index (χ2v) is 4.00. The molecule has 94 valence electrons. The molecule has 0 atom stereocenters. The molecule has 1 aromatic carbocycles. The Hall–Kier alpha value is -2.37. The lowest BCUT2D eigenvalue weighted by Gasteiger charge is -2.14. The zero-order chi connectivity index (χ0) is 13.1. The molecule has 0 fully saturated rings. The predicted octanol–water partition coefficient (Wildman–Crippen LogP) is 0.994. The topological polar surface area (TPSA) is 82.0 Å². The number of fused-ring (bicyclic) bond motifs is 1. The summed E-state index contributed by atoms with van der Waals surface area (Å²) in [4.78, 5) is 24.3. The summed E-state index contributed by atoms with van der Waals surface area (Å²) >= 11 is 0. The van der Waals surface area contributed by atoms with Crippen LogP contribution in [0.25, 0.3) is 0 Å². The van der Waals surface area contributed by atoms with Crippen LogP contribution < -0.4 is 10.2 Å². The highest BCUT2D eigenvalue weighted by atomic mass is 16.4. The standard InChI is InChI=1S/C12H13N3O3/c1-8(16)15-5-4-9-6-10(2-3-11(9)15)14-12(17)7-13-18/h2-3,6-7,18H,4-5H2,1H3,(H,14,17). The zero-order valence-corrected chi connectivity index (χ0v) is 9.88. The SMILES string of the molecule is CC(=O)N1CCc2cc(NC(=O)C=NO)ccc21. The maximum absolute atomic E-state index is 11.4. The molecule has 6 heteroatoms. The number of rotatable bonds is 2. The lowest BCUT2D eigenvalue weighted by atomic mass is 10.1. The fourth-order valence-electron chi connectivity index (χ4n) is 2.03. The maximum Gasteiger partial charge on any atom is 0.270 e. The fraction of sp³-hybridized carbons (Fsp3) is 0.250. The summed E-state index contributed by atoms with van der Waals surface area (Å²) in [6.07, 6.45) is 1.56. The first-order valence-corrected chi connectivity index (χ1v) is 5.51. The Labute approximate surface area is 104 Å². The van der Waals surface area contributed by atoms with Crippen LogP contribution in [0.15, 0.2) is 23.4 Å². The minimum absolute atomic E-state index is 0.0120. The Morgan fingerprint density at radius 2 is 2.28 bits per heavy atom. The van der Waals surface area contributed by atoms with Crippen LogP contribution in [0.1, 0.15) is 12.5 Å². The van der Waals surface area contributed by atoms with Gasteiger partial charge in [-0.25, -0.2) is 0 Å². The molecule has 2 amide bonds. The Kier molecular flexibility index (Phi) is 3.27. The van der Waals surface area contributed by atoms with E-state index in [1.807, 2.05) is 6.07 Å². The van der Waals surface area contributed by atoms with Crippen LogP contribution in [0.2, 0.25) is 0 Å². The summed E-state index contributed by atoms with van der Waals surface area (Å²) in [5.41, 5.74) is 2.52. The van der Waals surface area contributed by atoms with E-state index in [2.05, 4.69) is 10.5 Å². The van der Waals surface area contributed by atoms with Crippen molar-refractivity contribution in [3.63, 3.8) is 0 Å². The van der Waals surface area contributed by atoms with Gasteiger partial charge in [-0.1, -0.05) is 5.16 Å². The molecule has 0 bridgehead atoms. The van der Waals surface area contributed by atoms with Gasteiger partial charge in [0.15, 0.2) is 0 Å². The summed E-state index contributed by atoms with van der Waals surface area (Å²) in [6.45, 7) is 2.20. The van der Waals surface area contributed by atoms with Crippen molar-refractivity contribution in [2.24, 2.45) is 5.16 Å². The van der Waals surface area contributed by atoms with Crippen molar-refractivity contribution >= 4 is 29.4 Å². The van der Waals surface area contributed by atoms with E-state index in [9.17, 15) is 9.59 Å². The molecule has 1 aliphatic heterocycles. The van der Waals surface area contributed by atoms with Gasteiger partial charge in [0.25, 0.3) is 5.91 Å². The number of hydrogen-bond acceptors (Lipinski definition) is 4. The van der Waals surface area contributed by atoms with Gasteiger partial charge in [0.2, 0.25) is 5.91 Å². The number of nitrogens with zero attached hydrogens (tertiary/aromatic N) is 2. The molecule has 1 heterocycles. The lowest BCUT2D eigenvalue weighted by Crippen LogP contribution is -2.25. The molecule has 0 saturated carbocycles. The second-order valence-electron chi connectivity index (χ2n) is 4.00. The number of hydrogen-bond donors (Lipinski definition) is 2. The van der Waals surface area contributed by atoms with Crippen LogP contribution >= 0.6 is 0 Å². The molecule has 0 aliphatic carbocycles. The van der Waals surface area contributed by atoms with Crippen molar-refractivity contribution in [1.82, 2.24) is 0 Å². The first-order valence-electron chi connectivity index (χ1n) is 5.51. The van der Waals surface area contributed by atoms with E-state index in [4.69, 9.17) is 5.21 Å². The van der Waals surface area contributed by atoms with Gasteiger partial charge in [0.05, 0.1) is 0 Å². The molecule has 2 N–H and O–H groups in total. The van der Waals surface area contributed by atoms with E-state index in [-0.39, 0.29) is 5.91 Å². The van der Waals surface area contributed by atoms with Crippen molar-refractivity contribution in [1.29, 1.82) is 0 Å². The summed E-state index contributed by atoms with van der Waals surface area (Å²) in [5.74, 6) is -0.489. The Bertz CT molecular complexity index is 525. The normalized spacial score (nSPS) is 13.7. The highest BCUT2D eigenvalue weighted by molar-refractivity contribution is 6.31. The van der Waals surface area contributed by atoms with E-state index in [0.717, 1.165) is 23.9 Å². The van der Waals surface area contributed by atoms with E-state index in [1.54, 1.807) is 17.0 Å². The van der Waals surface area contributed by atoms with Crippen LogP contribution in [0.4, 0.5) is 11.4 Å². The highest BCUT2D eigenvalue weighted by Gasteiger charge is 2.22. The number of oxime groups is 1. The predicted molar refractivity (Wildman–Crippen MR) is 67.1 cm³/mol. The summed E-state index contributed by atoms with van der Waals surface area (Å²) in [5, 5.41) is 13.4. The molecular formula is C12H13N3O3.